The Kier molecular flexibility index (Phi) is 3.00. The molecule has 2 aromatic rings. The van der Waals surface area contributed by atoms with Gasteiger partial charge in [0.05, 0.1) is 11.9 Å². The third-order valence-electron chi connectivity index (χ3n) is 6.64. The predicted octanol–water partition coefficient (Wildman–Crippen LogP) is 2.86. The maximum atomic E-state index is 13.0. The summed E-state index contributed by atoms with van der Waals surface area (Å²) in [6, 6.07) is 7.98. The van der Waals surface area contributed by atoms with E-state index in [1.807, 2.05) is 36.1 Å². The molecule has 2 heterocycles. The van der Waals surface area contributed by atoms with Crippen molar-refractivity contribution in [1.82, 2.24) is 19.9 Å². The van der Waals surface area contributed by atoms with E-state index in [4.69, 9.17) is 0 Å². The lowest BCUT2D eigenvalue weighted by molar-refractivity contribution is 0.0759. The van der Waals surface area contributed by atoms with E-state index in [9.17, 15) is 4.79 Å². The number of carbonyl (C=O) groups is 1. The number of benzene rings is 1. The molecule has 0 N–H and O–H groups in total. The van der Waals surface area contributed by atoms with Crippen LogP contribution >= 0.6 is 0 Å². The number of likely N-dealkylation sites (tertiary alicyclic amines) is 1. The van der Waals surface area contributed by atoms with Crippen LogP contribution in [0.1, 0.15) is 29.4 Å². The van der Waals surface area contributed by atoms with Crippen LogP contribution in [0.5, 0.6) is 0 Å². The summed E-state index contributed by atoms with van der Waals surface area (Å²) in [6.45, 7) is 6.06. The third kappa shape index (κ3) is 2.04. The number of aromatic nitrogens is 3. The minimum absolute atomic E-state index is 0.00913. The minimum Gasteiger partial charge on any atom is -0.336 e. The van der Waals surface area contributed by atoms with Crippen molar-refractivity contribution in [2.45, 2.75) is 20.3 Å². The standard InChI is InChI=1S/C20H22N4O/c1-13-5-3-4-6-18(13)24-11-17(21-22-24)19(25)23-10-16-14-7-8-15(9-14)20(16,2)12-23/h3-8,11,14-16H,9-10,12H2,1-2H3/t14-,15+,16+,20+/m1/s1. The van der Waals surface area contributed by atoms with Crippen LogP contribution in [0, 0.1) is 30.1 Å². The number of hydrogen-bond acceptors (Lipinski definition) is 3. The summed E-state index contributed by atoms with van der Waals surface area (Å²) in [5.74, 6) is 1.88. The number of rotatable bonds is 2. The number of carbonyl (C=O) groups excluding carboxylic acids is 1. The van der Waals surface area contributed by atoms with Crippen molar-refractivity contribution in [1.29, 1.82) is 0 Å². The summed E-state index contributed by atoms with van der Waals surface area (Å²) in [5, 5.41) is 8.33. The summed E-state index contributed by atoms with van der Waals surface area (Å²) < 4.78 is 1.70. The molecule has 2 aliphatic carbocycles. The fraction of sp³-hybridized carbons (Fsp3) is 0.450. The van der Waals surface area contributed by atoms with Gasteiger partial charge in [0.25, 0.3) is 5.91 Å². The number of fused-ring (bicyclic) bond motifs is 5. The van der Waals surface area contributed by atoms with Crippen molar-refractivity contribution < 1.29 is 4.79 Å². The van der Waals surface area contributed by atoms with Crippen molar-refractivity contribution in [3.8, 4) is 5.69 Å². The quantitative estimate of drug-likeness (QED) is 0.794. The van der Waals surface area contributed by atoms with Gasteiger partial charge in [-0.15, -0.1) is 5.10 Å². The van der Waals surface area contributed by atoms with Crippen LogP contribution in [0.15, 0.2) is 42.6 Å². The van der Waals surface area contributed by atoms with Crippen LogP contribution in [0.25, 0.3) is 5.69 Å². The second-order valence-electron chi connectivity index (χ2n) is 8.02. The van der Waals surface area contributed by atoms with Crippen LogP contribution < -0.4 is 0 Å². The number of para-hydroxylation sites is 1. The molecule has 1 saturated heterocycles. The second-order valence-corrected chi connectivity index (χ2v) is 8.02. The first-order valence-electron chi connectivity index (χ1n) is 9.02. The molecule has 1 saturated carbocycles. The molecule has 0 unspecified atom stereocenters. The average molecular weight is 334 g/mol. The van der Waals surface area contributed by atoms with E-state index in [0.717, 1.165) is 24.3 Å². The fourth-order valence-corrected chi connectivity index (χ4v) is 5.19. The molecule has 1 amide bonds. The maximum Gasteiger partial charge on any atom is 0.276 e. The molecule has 4 atom stereocenters. The Morgan fingerprint density at radius 1 is 1.28 bits per heavy atom. The zero-order valence-electron chi connectivity index (χ0n) is 14.6. The first-order valence-corrected chi connectivity index (χ1v) is 9.02. The molecule has 2 fully saturated rings. The molecule has 1 aromatic carbocycles. The Balaban J connectivity index is 1.39. The zero-order chi connectivity index (χ0) is 17.2. The number of amides is 1. The summed E-state index contributed by atoms with van der Waals surface area (Å²) in [6.07, 6.45) is 7.75. The summed E-state index contributed by atoms with van der Waals surface area (Å²) in [4.78, 5) is 15.0. The molecule has 3 aliphatic rings. The lowest BCUT2D eigenvalue weighted by atomic mass is 9.72. The highest BCUT2D eigenvalue weighted by molar-refractivity contribution is 5.92. The van der Waals surface area contributed by atoms with Gasteiger partial charge in [-0.3, -0.25) is 4.79 Å². The van der Waals surface area contributed by atoms with Crippen molar-refractivity contribution >= 4 is 5.91 Å². The van der Waals surface area contributed by atoms with E-state index in [1.54, 1.807) is 10.9 Å². The van der Waals surface area contributed by atoms with E-state index < -0.39 is 0 Å². The Labute approximate surface area is 147 Å². The molecule has 2 bridgehead atoms. The van der Waals surface area contributed by atoms with Crippen LogP contribution in [-0.2, 0) is 0 Å². The molecule has 128 valence electrons. The van der Waals surface area contributed by atoms with Gasteiger partial charge in [-0.25, -0.2) is 4.68 Å². The van der Waals surface area contributed by atoms with E-state index >= 15 is 0 Å². The first-order chi connectivity index (χ1) is 12.1. The van der Waals surface area contributed by atoms with Gasteiger partial charge in [0.2, 0.25) is 0 Å². The van der Waals surface area contributed by atoms with Crippen LogP contribution in [0.4, 0.5) is 0 Å². The van der Waals surface area contributed by atoms with Gasteiger partial charge in [0.15, 0.2) is 5.69 Å². The smallest absolute Gasteiger partial charge is 0.276 e. The lowest BCUT2D eigenvalue weighted by Crippen LogP contribution is -2.33. The SMILES string of the molecule is Cc1ccccc1-n1cc(C(=O)N2C[C@H]3[C@@H]4C=C[C@@H](C4)[C@]3(C)C2)nn1. The molecule has 5 heteroatoms. The second kappa shape index (κ2) is 5.04. The van der Waals surface area contributed by atoms with E-state index in [0.29, 0.717) is 23.4 Å². The van der Waals surface area contributed by atoms with Crippen molar-refractivity contribution in [2.75, 3.05) is 13.1 Å². The fourth-order valence-electron chi connectivity index (χ4n) is 5.19. The highest BCUT2D eigenvalue weighted by atomic mass is 16.2. The Morgan fingerprint density at radius 2 is 2.12 bits per heavy atom. The molecule has 0 radical (unpaired) electrons. The van der Waals surface area contributed by atoms with Crippen LogP contribution in [-0.4, -0.2) is 38.9 Å². The maximum absolute atomic E-state index is 13.0. The Hall–Kier alpha value is -2.43. The van der Waals surface area contributed by atoms with Gasteiger partial charge in [-0.05, 0) is 48.1 Å². The number of hydrogen-bond donors (Lipinski definition) is 0. The molecule has 5 nitrogen and oxygen atoms in total. The molecule has 1 aromatic heterocycles. The molecular weight excluding hydrogens is 312 g/mol. The predicted molar refractivity (Wildman–Crippen MR) is 94.3 cm³/mol. The highest BCUT2D eigenvalue weighted by Gasteiger charge is 2.58. The van der Waals surface area contributed by atoms with Gasteiger partial charge in [-0.1, -0.05) is 42.5 Å². The van der Waals surface area contributed by atoms with Gasteiger partial charge in [0.1, 0.15) is 0 Å². The number of nitrogens with zero attached hydrogens (tertiary/aromatic N) is 4. The van der Waals surface area contributed by atoms with Gasteiger partial charge < -0.3 is 4.90 Å². The number of aryl methyl sites for hydroxylation is 1. The normalized spacial score (nSPS) is 32.4. The summed E-state index contributed by atoms with van der Waals surface area (Å²) >= 11 is 0. The molecule has 25 heavy (non-hydrogen) atoms. The van der Waals surface area contributed by atoms with Gasteiger partial charge >= 0.3 is 0 Å². The summed E-state index contributed by atoms with van der Waals surface area (Å²) in [5.41, 5.74) is 2.74. The Morgan fingerprint density at radius 3 is 2.92 bits per heavy atom. The van der Waals surface area contributed by atoms with E-state index in [1.165, 1.54) is 6.42 Å². The lowest BCUT2D eigenvalue weighted by Gasteiger charge is -2.31. The zero-order valence-corrected chi connectivity index (χ0v) is 14.6. The molecule has 5 rings (SSSR count). The first kappa shape index (κ1) is 14.9. The molecular formula is C20H22N4O. The molecule has 0 spiro atoms. The van der Waals surface area contributed by atoms with Crippen molar-refractivity contribution in [3.63, 3.8) is 0 Å². The van der Waals surface area contributed by atoms with Crippen LogP contribution in [0.3, 0.4) is 0 Å². The average Bonchev–Trinajstić information content (AvgIpc) is 3.35. The Bertz CT molecular complexity index is 885. The highest BCUT2D eigenvalue weighted by Crippen LogP contribution is 2.59. The van der Waals surface area contributed by atoms with E-state index in [2.05, 4.69) is 29.4 Å². The van der Waals surface area contributed by atoms with Gasteiger partial charge in [-0.2, -0.15) is 0 Å². The third-order valence-corrected chi connectivity index (χ3v) is 6.64. The largest absolute Gasteiger partial charge is 0.336 e. The minimum atomic E-state index is 0.00913. The summed E-state index contributed by atoms with van der Waals surface area (Å²) in [7, 11) is 0. The monoisotopic (exact) mass is 334 g/mol. The van der Waals surface area contributed by atoms with Crippen molar-refractivity contribution in [2.24, 2.45) is 23.2 Å². The van der Waals surface area contributed by atoms with Crippen molar-refractivity contribution in [3.05, 3.63) is 53.9 Å². The number of allylic oxidation sites excluding steroid dienone is 2. The van der Waals surface area contributed by atoms with Crippen LogP contribution in [0.2, 0.25) is 0 Å². The van der Waals surface area contributed by atoms with Gasteiger partial charge in [0, 0.05) is 13.1 Å². The van der Waals surface area contributed by atoms with E-state index in [-0.39, 0.29) is 11.3 Å². The topological polar surface area (TPSA) is 51.0 Å². The molecule has 1 aliphatic heterocycles.